The van der Waals surface area contributed by atoms with Gasteiger partial charge in [-0.3, -0.25) is 9.59 Å². The summed E-state index contributed by atoms with van der Waals surface area (Å²) >= 11 is 5.81. The van der Waals surface area contributed by atoms with Gasteiger partial charge in [0, 0.05) is 11.3 Å². The van der Waals surface area contributed by atoms with Crippen LogP contribution in [0.25, 0.3) is 0 Å². The Morgan fingerprint density at radius 1 is 1.00 bits per heavy atom. The van der Waals surface area contributed by atoms with Gasteiger partial charge in [-0.1, -0.05) is 36.2 Å². The number of nitriles is 1. The lowest BCUT2D eigenvalue weighted by Crippen LogP contribution is -2.46. The summed E-state index contributed by atoms with van der Waals surface area (Å²) in [4.78, 5) is 29.5. The average Bonchev–Trinajstić information content (AvgIpc) is 2.76. The SMILES string of the molecule is N#Cc1cccc(C(=O)Nc2ccc(C3(C(=O)Nc4ccc(Cl)nc4)CCC3)cc2)c1. The van der Waals surface area contributed by atoms with Crippen molar-refractivity contribution in [1.82, 2.24) is 4.98 Å². The molecule has 4 rings (SSSR count). The maximum Gasteiger partial charge on any atom is 0.255 e. The number of aromatic nitrogens is 1. The van der Waals surface area contributed by atoms with Crippen LogP contribution in [-0.4, -0.2) is 16.8 Å². The highest BCUT2D eigenvalue weighted by molar-refractivity contribution is 6.29. The molecule has 1 heterocycles. The van der Waals surface area contributed by atoms with Gasteiger partial charge < -0.3 is 10.6 Å². The number of hydrogen-bond donors (Lipinski definition) is 2. The van der Waals surface area contributed by atoms with Crippen LogP contribution in [0.3, 0.4) is 0 Å². The normalized spacial score (nSPS) is 14.1. The number of amides is 2. The van der Waals surface area contributed by atoms with Crippen LogP contribution in [0.4, 0.5) is 11.4 Å². The molecule has 1 aliphatic rings. The van der Waals surface area contributed by atoms with Gasteiger partial charge in [0.1, 0.15) is 5.15 Å². The first kappa shape index (κ1) is 20.6. The Hall–Kier alpha value is -3.69. The highest BCUT2D eigenvalue weighted by Gasteiger charge is 2.45. The van der Waals surface area contributed by atoms with Crippen molar-refractivity contribution in [2.24, 2.45) is 0 Å². The van der Waals surface area contributed by atoms with Crippen LogP contribution < -0.4 is 10.6 Å². The molecule has 0 spiro atoms. The van der Waals surface area contributed by atoms with Gasteiger partial charge in [0.25, 0.3) is 5.91 Å². The van der Waals surface area contributed by atoms with Gasteiger partial charge in [0.15, 0.2) is 0 Å². The number of hydrogen-bond acceptors (Lipinski definition) is 4. The predicted octanol–water partition coefficient (Wildman–Crippen LogP) is 4.92. The first-order valence-electron chi connectivity index (χ1n) is 9.85. The first-order chi connectivity index (χ1) is 15.0. The number of carbonyl (C=O) groups excluding carboxylic acids is 2. The van der Waals surface area contributed by atoms with Crippen LogP contribution in [0.2, 0.25) is 5.15 Å². The summed E-state index contributed by atoms with van der Waals surface area (Å²) in [5.74, 6) is -0.371. The minimum absolute atomic E-state index is 0.0759. The summed E-state index contributed by atoms with van der Waals surface area (Å²) in [6.07, 6.45) is 4.02. The molecule has 0 unspecified atom stereocenters. The Morgan fingerprint density at radius 2 is 1.74 bits per heavy atom. The van der Waals surface area contributed by atoms with E-state index in [2.05, 4.69) is 15.6 Å². The smallest absolute Gasteiger partial charge is 0.255 e. The zero-order valence-electron chi connectivity index (χ0n) is 16.6. The number of anilines is 2. The Kier molecular flexibility index (Phi) is 5.70. The van der Waals surface area contributed by atoms with Crippen LogP contribution in [0.15, 0.2) is 66.9 Å². The van der Waals surface area contributed by atoms with E-state index < -0.39 is 5.41 Å². The van der Waals surface area contributed by atoms with Crippen molar-refractivity contribution in [2.45, 2.75) is 24.7 Å². The largest absolute Gasteiger partial charge is 0.324 e. The fourth-order valence-electron chi connectivity index (χ4n) is 3.68. The molecule has 6 nitrogen and oxygen atoms in total. The van der Waals surface area contributed by atoms with Crippen molar-refractivity contribution in [3.8, 4) is 6.07 Å². The van der Waals surface area contributed by atoms with Crippen LogP contribution in [0.5, 0.6) is 0 Å². The number of nitrogens with zero attached hydrogens (tertiary/aromatic N) is 2. The van der Waals surface area contributed by atoms with Crippen LogP contribution in [0, 0.1) is 11.3 Å². The Labute approximate surface area is 184 Å². The molecule has 7 heteroatoms. The summed E-state index contributed by atoms with van der Waals surface area (Å²) < 4.78 is 0. The van der Waals surface area contributed by atoms with E-state index in [4.69, 9.17) is 16.9 Å². The standard InChI is InChI=1S/C24H19ClN4O2/c25-21-10-9-20(15-27-21)29-23(31)24(11-2-12-24)18-5-7-19(8-6-18)28-22(30)17-4-1-3-16(13-17)14-26/h1,3-10,13,15H,2,11-12H2,(H,28,30)(H,29,31). The van der Waals surface area contributed by atoms with E-state index >= 15 is 0 Å². The topological polar surface area (TPSA) is 94.9 Å². The molecular formula is C24H19ClN4O2. The molecule has 1 aromatic heterocycles. The number of rotatable bonds is 5. The van der Waals surface area contributed by atoms with E-state index in [0.717, 1.165) is 24.8 Å². The Bertz CT molecular complexity index is 1160. The molecule has 31 heavy (non-hydrogen) atoms. The van der Waals surface area contributed by atoms with Gasteiger partial charge >= 0.3 is 0 Å². The van der Waals surface area contributed by atoms with Crippen molar-refractivity contribution in [3.05, 3.63) is 88.7 Å². The summed E-state index contributed by atoms with van der Waals surface area (Å²) in [7, 11) is 0. The number of benzene rings is 2. The summed E-state index contributed by atoms with van der Waals surface area (Å²) in [5, 5.41) is 15.1. The van der Waals surface area contributed by atoms with Crippen molar-refractivity contribution < 1.29 is 9.59 Å². The molecule has 2 N–H and O–H groups in total. The maximum absolute atomic E-state index is 13.0. The van der Waals surface area contributed by atoms with Crippen molar-refractivity contribution in [2.75, 3.05) is 10.6 Å². The molecule has 0 radical (unpaired) electrons. The molecule has 3 aromatic rings. The maximum atomic E-state index is 13.0. The monoisotopic (exact) mass is 430 g/mol. The van der Waals surface area contributed by atoms with E-state index in [-0.39, 0.29) is 11.8 Å². The van der Waals surface area contributed by atoms with Gasteiger partial charge in [-0.25, -0.2) is 4.98 Å². The molecule has 2 amide bonds. The third-order valence-corrected chi connectivity index (χ3v) is 5.80. The second-order valence-electron chi connectivity index (χ2n) is 7.48. The van der Waals surface area contributed by atoms with Gasteiger partial charge in [0.2, 0.25) is 5.91 Å². The third-order valence-electron chi connectivity index (χ3n) is 5.58. The first-order valence-corrected chi connectivity index (χ1v) is 10.2. The fourth-order valence-corrected chi connectivity index (χ4v) is 3.80. The molecule has 0 aliphatic heterocycles. The number of halogens is 1. The summed E-state index contributed by atoms with van der Waals surface area (Å²) in [6, 6.07) is 19.2. The van der Waals surface area contributed by atoms with Gasteiger partial charge in [-0.05, 0) is 60.9 Å². The lowest BCUT2D eigenvalue weighted by molar-refractivity contribution is -0.124. The van der Waals surface area contributed by atoms with Crippen LogP contribution >= 0.6 is 11.6 Å². The second kappa shape index (κ2) is 8.58. The molecule has 1 saturated carbocycles. The molecule has 0 atom stereocenters. The zero-order chi connectivity index (χ0) is 21.8. The second-order valence-corrected chi connectivity index (χ2v) is 7.87. The highest BCUT2D eigenvalue weighted by atomic mass is 35.5. The Morgan fingerprint density at radius 3 is 2.35 bits per heavy atom. The van der Waals surface area contributed by atoms with E-state index in [9.17, 15) is 9.59 Å². The molecular weight excluding hydrogens is 412 g/mol. The molecule has 0 saturated heterocycles. The minimum Gasteiger partial charge on any atom is -0.324 e. The van der Waals surface area contributed by atoms with E-state index in [0.29, 0.717) is 27.7 Å². The van der Waals surface area contributed by atoms with Gasteiger partial charge in [-0.15, -0.1) is 0 Å². The van der Waals surface area contributed by atoms with Gasteiger partial charge in [0.05, 0.1) is 28.9 Å². The van der Waals surface area contributed by atoms with Crippen LogP contribution in [0.1, 0.15) is 40.7 Å². The Balaban J connectivity index is 1.48. The molecule has 1 aliphatic carbocycles. The van der Waals surface area contributed by atoms with E-state index in [1.807, 2.05) is 18.2 Å². The number of nitrogens with one attached hydrogen (secondary N) is 2. The predicted molar refractivity (Wildman–Crippen MR) is 119 cm³/mol. The quantitative estimate of drug-likeness (QED) is 0.561. The third kappa shape index (κ3) is 4.27. The average molecular weight is 431 g/mol. The molecule has 0 bridgehead atoms. The van der Waals surface area contributed by atoms with Crippen molar-refractivity contribution >= 4 is 34.8 Å². The molecule has 154 valence electrons. The zero-order valence-corrected chi connectivity index (χ0v) is 17.3. The van der Waals surface area contributed by atoms with E-state index in [1.165, 1.54) is 6.20 Å². The molecule has 2 aromatic carbocycles. The lowest BCUT2D eigenvalue weighted by atomic mass is 9.63. The van der Waals surface area contributed by atoms with Crippen molar-refractivity contribution in [1.29, 1.82) is 5.26 Å². The highest BCUT2D eigenvalue weighted by Crippen LogP contribution is 2.45. The molecule has 1 fully saturated rings. The summed E-state index contributed by atoms with van der Waals surface area (Å²) in [5.41, 5.74) is 2.37. The lowest BCUT2D eigenvalue weighted by Gasteiger charge is -2.40. The minimum atomic E-state index is -0.594. The summed E-state index contributed by atoms with van der Waals surface area (Å²) in [6.45, 7) is 0. The van der Waals surface area contributed by atoms with E-state index in [1.54, 1.807) is 48.5 Å². The van der Waals surface area contributed by atoms with Crippen molar-refractivity contribution in [3.63, 3.8) is 0 Å². The van der Waals surface area contributed by atoms with Gasteiger partial charge in [-0.2, -0.15) is 5.26 Å². The number of carbonyl (C=O) groups is 2. The number of pyridine rings is 1. The van der Waals surface area contributed by atoms with Crippen LogP contribution in [-0.2, 0) is 10.2 Å². The fraction of sp³-hybridized carbons (Fsp3) is 0.167.